The molecule has 0 aliphatic carbocycles. The predicted octanol–water partition coefficient (Wildman–Crippen LogP) is 4.94. The molecule has 0 unspecified atom stereocenters. The number of rotatable bonds is 14. The lowest BCUT2D eigenvalue weighted by Crippen LogP contribution is -2.48. The third kappa shape index (κ3) is 9.85. The van der Waals surface area contributed by atoms with Crippen molar-refractivity contribution in [3.8, 4) is 0 Å². The molecular formula is C33H39F2N3O4. The van der Waals surface area contributed by atoms with Gasteiger partial charge in [0.05, 0.1) is 17.8 Å². The molecule has 0 aliphatic heterocycles. The number of carbonyl (C=O) groups excluding carboxylic acids is 3. The molecule has 0 aliphatic rings. The quantitative estimate of drug-likeness (QED) is 0.202. The Labute approximate surface area is 245 Å². The first kappa shape index (κ1) is 32.6. The number of aryl methyl sites for hydroxylation is 3. The van der Waals surface area contributed by atoms with Gasteiger partial charge in [0, 0.05) is 44.5 Å². The van der Waals surface area contributed by atoms with Gasteiger partial charge in [-0.15, -0.1) is 0 Å². The third-order valence-electron chi connectivity index (χ3n) is 7.10. The lowest BCUT2D eigenvalue weighted by atomic mass is 9.98. The van der Waals surface area contributed by atoms with Gasteiger partial charge in [-0.3, -0.25) is 14.4 Å². The van der Waals surface area contributed by atoms with Gasteiger partial charge >= 0.3 is 0 Å². The number of amides is 2. The number of halogens is 2. The number of aliphatic hydroxyl groups excluding tert-OH is 1. The summed E-state index contributed by atoms with van der Waals surface area (Å²) in [7, 11) is 0. The van der Waals surface area contributed by atoms with E-state index in [0.29, 0.717) is 17.8 Å². The average Bonchev–Trinajstić information content (AvgIpc) is 2.92. The first-order valence-corrected chi connectivity index (χ1v) is 14.1. The number of nitrogens with one attached hydrogen (secondary N) is 3. The smallest absolute Gasteiger partial charge is 0.221 e. The first-order valence-electron chi connectivity index (χ1n) is 14.1. The standard InChI is InChI=1S/C33H39F2N3O4/c1-5-23-7-6-8-24(13-23)18-36-19-32(41)30(16-25-14-26(34)17-27(35)15-25)38-33(42)10-9-31(40)28-11-20(2)21(3)12-29(28)37-22(4)39/h6-8,11-15,17,30,32,36,41H,5,9-10,16,18-19H2,1-4H3,(H,37,39)(H,38,42)/t30-,32-/m0/s1. The van der Waals surface area contributed by atoms with Crippen molar-refractivity contribution in [2.75, 3.05) is 11.9 Å². The molecule has 3 aromatic carbocycles. The van der Waals surface area contributed by atoms with Crippen LogP contribution in [0.5, 0.6) is 0 Å². The second kappa shape index (κ2) is 15.3. The summed E-state index contributed by atoms with van der Waals surface area (Å²) in [5.74, 6) is -2.65. The number of ketones is 1. The van der Waals surface area contributed by atoms with Crippen LogP contribution >= 0.6 is 0 Å². The highest BCUT2D eigenvalue weighted by Gasteiger charge is 2.23. The highest BCUT2D eigenvalue weighted by molar-refractivity contribution is 6.05. The van der Waals surface area contributed by atoms with Crippen LogP contribution < -0.4 is 16.0 Å². The van der Waals surface area contributed by atoms with Gasteiger partial charge in [0.15, 0.2) is 5.78 Å². The van der Waals surface area contributed by atoms with E-state index in [1.807, 2.05) is 32.0 Å². The maximum absolute atomic E-state index is 13.9. The molecular weight excluding hydrogens is 540 g/mol. The summed E-state index contributed by atoms with van der Waals surface area (Å²) in [5, 5.41) is 19.6. The second-order valence-electron chi connectivity index (χ2n) is 10.6. The SMILES string of the molecule is CCc1cccc(CNC[C@H](O)[C@H](Cc2cc(F)cc(F)c2)NC(=O)CCC(=O)c2cc(C)c(C)cc2NC(C)=O)c1. The Morgan fingerprint density at radius 1 is 0.881 bits per heavy atom. The summed E-state index contributed by atoms with van der Waals surface area (Å²) in [4.78, 5) is 37.7. The van der Waals surface area contributed by atoms with Crippen molar-refractivity contribution in [1.82, 2.24) is 10.6 Å². The highest BCUT2D eigenvalue weighted by Crippen LogP contribution is 2.23. The van der Waals surface area contributed by atoms with E-state index in [9.17, 15) is 28.3 Å². The minimum absolute atomic E-state index is 0.0215. The van der Waals surface area contributed by atoms with Crippen LogP contribution in [0.4, 0.5) is 14.5 Å². The molecule has 0 spiro atoms. The monoisotopic (exact) mass is 579 g/mol. The fourth-order valence-corrected chi connectivity index (χ4v) is 4.71. The largest absolute Gasteiger partial charge is 0.390 e. The normalized spacial score (nSPS) is 12.5. The lowest BCUT2D eigenvalue weighted by Gasteiger charge is -2.25. The van der Waals surface area contributed by atoms with E-state index in [1.54, 1.807) is 12.1 Å². The minimum Gasteiger partial charge on any atom is -0.390 e. The van der Waals surface area contributed by atoms with E-state index in [1.165, 1.54) is 12.5 Å². The molecule has 0 heterocycles. The van der Waals surface area contributed by atoms with E-state index in [4.69, 9.17) is 0 Å². The molecule has 3 rings (SSSR count). The fourth-order valence-electron chi connectivity index (χ4n) is 4.71. The molecule has 42 heavy (non-hydrogen) atoms. The van der Waals surface area contributed by atoms with Crippen molar-refractivity contribution in [2.45, 2.75) is 72.1 Å². The van der Waals surface area contributed by atoms with Crippen LogP contribution in [0, 0.1) is 25.5 Å². The molecule has 0 saturated heterocycles. The molecule has 2 atom stereocenters. The number of hydrogen-bond donors (Lipinski definition) is 4. The van der Waals surface area contributed by atoms with Gasteiger partial charge in [-0.1, -0.05) is 31.2 Å². The van der Waals surface area contributed by atoms with Crippen LogP contribution in [0.1, 0.15) is 64.9 Å². The van der Waals surface area contributed by atoms with Crippen molar-refractivity contribution < 1.29 is 28.3 Å². The van der Waals surface area contributed by atoms with Crippen LogP contribution in [0.3, 0.4) is 0 Å². The average molecular weight is 580 g/mol. The summed E-state index contributed by atoms with van der Waals surface area (Å²) in [6.07, 6.45) is -0.522. The molecule has 4 N–H and O–H groups in total. The zero-order valence-electron chi connectivity index (χ0n) is 24.5. The van der Waals surface area contributed by atoms with Crippen molar-refractivity contribution in [3.05, 3.63) is 99.6 Å². The Morgan fingerprint density at radius 2 is 1.55 bits per heavy atom. The molecule has 2 amide bonds. The van der Waals surface area contributed by atoms with Gasteiger partial charge in [-0.2, -0.15) is 0 Å². The Bertz CT molecular complexity index is 1410. The van der Waals surface area contributed by atoms with E-state index in [2.05, 4.69) is 28.9 Å². The number of carbonyl (C=O) groups is 3. The van der Waals surface area contributed by atoms with E-state index in [-0.39, 0.29) is 43.1 Å². The fraction of sp³-hybridized carbons (Fsp3) is 0.364. The Kier molecular flexibility index (Phi) is 11.9. The van der Waals surface area contributed by atoms with Crippen molar-refractivity contribution in [3.63, 3.8) is 0 Å². The van der Waals surface area contributed by atoms with E-state index < -0.39 is 29.7 Å². The summed E-state index contributed by atoms with van der Waals surface area (Å²) < 4.78 is 27.7. The molecule has 0 aromatic heterocycles. The van der Waals surface area contributed by atoms with Crippen LogP contribution in [-0.4, -0.2) is 41.4 Å². The van der Waals surface area contributed by atoms with Crippen molar-refractivity contribution in [2.24, 2.45) is 0 Å². The lowest BCUT2D eigenvalue weighted by molar-refractivity contribution is -0.122. The van der Waals surface area contributed by atoms with Crippen LogP contribution in [0.15, 0.2) is 54.6 Å². The summed E-state index contributed by atoms with van der Waals surface area (Å²) in [6, 6.07) is 13.6. The van der Waals surface area contributed by atoms with Gasteiger partial charge in [0.25, 0.3) is 0 Å². The molecule has 0 fully saturated rings. The Balaban J connectivity index is 1.68. The van der Waals surface area contributed by atoms with Crippen LogP contribution in [0.2, 0.25) is 0 Å². The maximum atomic E-state index is 13.9. The molecule has 3 aromatic rings. The zero-order chi connectivity index (χ0) is 30.8. The molecule has 7 nitrogen and oxygen atoms in total. The third-order valence-corrected chi connectivity index (χ3v) is 7.10. The predicted molar refractivity (Wildman–Crippen MR) is 159 cm³/mol. The topological polar surface area (TPSA) is 108 Å². The van der Waals surface area contributed by atoms with E-state index >= 15 is 0 Å². The summed E-state index contributed by atoms with van der Waals surface area (Å²) in [5.41, 5.74) is 4.98. The van der Waals surface area contributed by atoms with Gasteiger partial charge in [0.2, 0.25) is 11.8 Å². The van der Waals surface area contributed by atoms with Crippen LogP contribution in [-0.2, 0) is 29.0 Å². The maximum Gasteiger partial charge on any atom is 0.221 e. The Hall–Kier alpha value is -3.95. The van der Waals surface area contributed by atoms with Gasteiger partial charge in [-0.25, -0.2) is 8.78 Å². The number of anilines is 1. The summed E-state index contributed by atoms with van der Waals surface area (Å²) >= 11 is 0. The first-order chi connectivity index (χ1) is 19.9. The molecule has 9 heteroatoms. The second-order valence-corrected chi connectivity index (χ2v) is 10.6. The van der Waals surface area contributed by atoms with Crippen molar-refractivity contribution >= 4 is 23.3 Å². The summed E-state index contributed by atoms with van der Waals surface area (Å²) in [6.45, 7) is 7.74. The number of Topliss-reactive ketones (excluding diaryl/α,β-unsaturated/α-hetero) is 1. The van der Waals surface area contributed by atoms with Gasteiger partial charge in [-0.05, 0) is 78.8 Å². The Morgan fingerprint density at radius 3 is 2.21 bits per heavy atom. The highest BCUT2D eigenvalue weighted by atomic mass is 19.1. The van der Waals surface area contributed by atoms with Crippen LogP contribution in [0.25, 0.3) is 0 Å². The van der Waals surface area contributed by atoms with Crippen molar-refractivity contribution in [1.29, 1.82) is 0 Å². The van der Waals surface area contributed by atoms with Gasteiger partial charge < -0.3 is 21.1 Å². The molecule has 224 valence electrons. The molecule has 0 radical (unpaired) electrons. The zero-order valence-corrected chi connectivity index (χ0v) is 24.5. The number of hydrogen-bond acceptors (Lipinski definition) is 5. The van der Waals surface area contributed by atoms with E-state index in [0.717, 1.165) is 41.3 Å². The molecule has 0 bridgehead atoms. The number of aliphatic hydroxyl groups is 1. The number of benzene rings is 3. The van der Waals surface area contributed by atoms with Gasteiger partial charge in [0.1, 0.15) is 11.6 Å². The molecule has 0 saturated carbocycles. The minimum atomic E-state index is -1.09.